The first-order valence-electron chi connectivity index (χ1n) is 10.1. The number of nitrogens with zero attached hydrogens (tertiary/aromatic N) is 2. The average Bonchev–Trinajstić information content (AvgIpc) is 2.77. The molecule has 0 aromatic heterocycles. The van der Waals surface area contributed by atoms with Crippen LogP contribution in [-0.4, -0.2) is 48.5 Å². The minimum absolute atomic E-state index is 0.00288. The molecule has 0 saturated carbocycles. The Hall–Kier alpha value is -3.35. The van der Waals surface area contributed by atoms with Gasteiger partial charge in [-0.15, -0.1) is 0 Å². The number of carbonyl (C=O) groups excluding carboxylic acids is 3. The van der Waals surface area contributed by atoms with Crippen LogP contribution in [-0.2, 0) is 32.1 Å². The molecule has 30 heavy (non-hydrogen) atoms. The van der Waals surface area contributed by atoms with E-state index in [-0.39, 0.29) is 31.4 Å². The number of para-hydroxylation sites is 2. The molecule has 2 amide bonds. The van der Waals surface area contributed by atoms with Gasteiger partial charge < -0.3 is 19.3 Å². The van der Waals surface area contributed by atoms with E-state index in [1.807, 2.05) is 30.3 Å². The Labute approximate surface area is 175 Å². The minimum atomic E-state index is -0.612. The van der Waals surface area contributed by atoms with E-state index in [1.54, 1.807) is 24.0 Å². The maximum Gasteiger partial charge on any atom is 0.308 e. The maximum atomic E-state index is 12.5. The van der Waals surface area contributed by atoms with Crippen LogP contribution in [0.2, 0.25) is 0 Å². The molecule has 0 saturated heterocycles. The van der Waals surface area contributed by atoms with Gasteiger partial charge in [-0.1, -0.05) is 36.4 Å². The van der Waals surface area contributed by atoms with Crippen LogP contribution >= 0.6 is 0 Å². The van der Waals surface area contributed by atoms with Crippen LogP contribution in [0.15, 0.2) is 48.5 Å². The molecule has 0 fully saturated rings. The molecular formula is C23H24N2O5. The van der Waals surface area contributed by atoms with Gasteiger partial charge in [-0.3, -0.25) is 14.4 Å². The van der Waals surface area contributed by atoms with Gasteiger partial charge in [0.05, 0.1) is 12.1 Å². The standard InChI is InChI=1S/C23H24N2O5/c1-16-23(28)25(19-8-4-5-9-20(19)30-16)13-11-22(27)29-15-21(26)24-12-10-17-6-2-3-7-18(17)14-24/h2-9,16H,10-15H2,1H3. The van der Waals surface area contributed by atoms with Crippen LogP contribution in [0, 0.1) is 0 Å². The van der Waals surface area contributed by atoms with Gasteiger partial charge in [-0.05, 0) is 36.6 Å². The molecule has 2 aromatic carbocycles. The fourth-order valence-electron chi connectivity index (χ4n) is 3.81. The number of benzene rings is 2. The number of esters is 1. The van der Waals surface area contributed by atoms with Gasteiger partial charge in [0.1, 0.15) is 5.75 Å². The van der Waals surface area contributed by atoms with Crippen LogP contribution in [0.5, 0.6) is 5.75 Å². The molecule has 1 unspecified atom stereocenters. The summed E-state index contributed by atoms with van der Waals surface area (Å²) >= 11 is 0. The molecule has 2 aliphatic heterocycles. The minimum Gasteiger partial charge on any atom is -0.479 e. The van der Waals surface area contributed by atoms with Gasteiger partial charge in [0, 0.05) is 19.6 Å². The summed E-state index contributed by atoms with van der Waals surface area (Å²) in [5.74, 6) is -0.312. The van der Waals surface area contributed by atoms with E-state index in [1.165, 1.54) is 10.5 Å². The van der Waals surface area contributed by atoms with Crippen LogP contribution < -0.4 is 9.64 Å². The second kappa shape index (κ2) is 8.57. The lowest BCUT2D eigenvalue weighted by atomic mass is 10.00. The molecule has 7 nitrogen and oxygen atoms in total. The fourth-order valence-corrected chi connectivity index (χ4v) is 3.81. The molecular weight excluding hydrogens is 384 g/mol. The lowest BCUT2D eigenvalue weighted by Crippen LogP contribution is -2.45. The number of rotatable bonds is 5. The highest BCUT2D eigenvalue weighted by atomic mass is 16.5. The van der Waals surface area contributed by atoms with Crippen molar-refractivity contribution < 1.29 is 23.9 Å². The smallest absolute Gasteiger partial charge is 0.308 e. The van der Waals surface area contributed by atoms with E-state index >= 15 is 0 Å². The van der Waals surface area contributed by atoms with Crippen molar-refractivity contribution in [3.8, 4) is 5.75 Å². The first-order valence-corrected chi connectivity index (χ1v) is 10.1. The van der Waals surface area contributed by atoms with Gasteiger partial charge >= 0.3 is 5.97 Å². The molecule has 2 aliphatic rings. The average molecular weight is 408 g/mol. The molecule has 0 aliphatic carbocycles. The quantitative estimate of drug-likeness (QED) is 0.710. The third-order valence-corrected chi connectivity index (χ3v) is 5.45. The van der Waals surface area contributed by atoms with Gasteiger partial charge in [0.25, 0.3) is 11.8 Å². The van der Waals surface area contributed by atoms with E-state index in [4.69, 9.17) is 9.47 Å². The second-order valence-electron chi connectivity index (χ2n) is 7.46. The summed E-state index contributed by atoms with van der Waals surface area (Å²) in [6.07, 6.45) is 0.189. The summed E-state index contributed by atoms with van der Waals surface area (Å²) in [4.78, 5) is 40.4. The molecule has 1 atom stereocenters. The first-order chi connectivity index (χ1) is 14.5. The highest BCUT2D eigenvalue weighted by molar-refractivity contribution is 6.00. The van der Waals surface area contributed by atoms with Crippen LogP contribution in [0.1, 0.15) is 24.5 Å². The Morgan fingerprint density at radius 3 is 2.67 bits per heavy atom. The van der Waals surface area contributed by atoms with E-state index in [0.29, 0.717) is 24.5 Å². The predicted molar refractivity (Wildman–Crippen MR) is 110 cm³/mol. The molecule has 0 N–H and O–H groups in total. The van der Waals surface area contributed by atoms with Crippen LogP contribution in [0.3, 0.4) is 0 Å². The molecule has 2 heterocycles. The highest BCUT2D eigenvalue weighted by Crippen LogP contribution is 2.33. The number of amides is 2. The number of carbonyl (C=O) groups is 3. The highest BCUT2D eigenvalue weighted by Gasteiger charge is 2.31. The van der Waals surface area contributed by atoms with Crippen molar-refractivity contribution in [3.05, 3.63) is 59.7 Å². The van der Waals surface area contributed by atoms with Crippen molar-refractivity contribution in [1.29, 1.82) is 0 Å². The number of fused-ring (bicyclic) bond motifs is 2. The Morgan fingerprint density at radius 2 is 1.83 bits per heavy atom. The summed E-state index contributed by atoms with van der Waals surface area (Å²) in [6.45, 7) is 2.71. The van der Waals surface area contributed by atoms with Gasteiger partial charge in [-0.2, -0.15) is 0 Å². The lowest BCUT2D eigenvalue weighted by molar-refractivity contribution is -0.152. The van der Waals surface area contributed by atoms with Crippen molar-refractivity contribution in [2.45, 2.75) is 32.4 Å². The SMILES string of the molecule is CC1Oc2ccccc2N(CCC(=O)OCC(=O)N2CCc3ccccc3C2)C1=O. The number of hydrogen-bond acceptors (Lipinski definition) is 5. The molecule has 0 bridgehead atoms. The van der Waals surface area contributed by atoms with Crippen LogP contribution in [0.25, 0.3) is 0 Å². The Bertz CT molecular complexity index is 974. The van der Waals surface area contributed by atoms with E-state index in [0.717, 1.165) is 12.0 Å². The summed E-state index contributed by atoms with van der Waals surface area (Å²) in [5.41, 5.74) is 3.02. The molecule has 7 heteroatoms. The topological polar surface area (TPSA) is 76.2 Å². The van der Waals surface area contributed by atoms with Crippen molar-refractivity contribution in [2.24, 2.45) is 0 Å². The van der Waals surface area contributed by atoms with Gasteiger partial charge in [0.15, 0.2) is 12.7 Å². The molecule has 0 radical (unpaired) electrons. The van der Waals surface area contributed by atoms with Gasteiger partial charge in [-0.25, -0.2) is 0 Å². The van der Waals surface area contributed by atoms with E-state index in [2.05, 4.69) is 6.07 Å². The molecule has 2 aromatic rings. The van der Waals surface area contributed by atoms with Crippen molar-refractivity contribution in [2.75, 3.05) is 24.6 Å². The maximum absolute atomic E-state index is 12.5. The summed E-state index contributed by atoms with van der Waals surface area (Å²) in [5, 5.41) is 0. The Morgan fingerprint density at radius 1 is 1.10 bits per heavy atom. The number of hydrogen-bond donors (Lipinski definition) is 0. The number of ether oxygens (including phenoxy) is 2. The Balaban J connectivity index is 1.28. The summed E-state index contributed by atoms with van der Waals surface area (Å²) in [6, 6.07) is 15.3. The normalized spacial score (nSPS) is 17.6. The third kappa shape index (κ3) is 4.15. The predicted octanol–water partition coefficient (Wildman–Crippen LogP) is 2.32. The van der Waals surface area contributed by atoms with E-state index in [9.17, 15) is 14.4 Å². The zero-order valence-electron chi connectivity index (χ0n) is 16.9. The van der Waals surface area contributed by atoms with Crippen molar-refractivity contribution in [1.82, 2.24) is 4.90 Å². The lowest BCUT2D eigenvalue weighted by Gasteiger charge is -2.32. The third-order valence-electron chi connectivity index (χ3n) is 5.45. The van der Waals surface area contributed by atoms with E-state index < -0.39 is 12.1 Å². The summed E-state index contributed by atoms with van der Waals surface area (Å²) in [7, 11) is 0. The fraction of sp³-hybridized carbons (Fsp3) is 0.348. The second-order valence-corrected chi connectivity index (χ2v) is 7.46. The first kappa shape index (κ1) is 19.9. The van der Waals surface area contributed by atoms with Crippen molar-refractivity contribution in [3.63, 3.8) is 0 Å². The monoisotopic (exact) mass is 408 g/mol. The zero-order chi connectivity index (χ0) is 21.1. The molecule has 156 valence electrons. The number of anilines is 1. The molecule has 0 spiro atoms. The molecule has 4 rings (SSSR count). The largest absolute Gasteiger partial charge is 0.479 e. The zero-order valence-corrected chi connectivity index (χ0v) is 16.9. The Kier molecular flexibility index (Phi) is 5.70. The van der Waals surface area contributed by atoms with Crippen LogP contribution in [0.4, 0.5) is 5.69 Å². The van der Waals surface area contributed by atoms with Gasteiger partial charge in [0.2, 0.25) is 0 Å². The summed E-state index contributed by atoms with van der Waals surface area (Å²) < 4.78 is 10.8. The van der Waals surface area contributed by atoms with Crippen molar-refractivity contribution >= 4 is 23.5 Å².